The predicted octanol–water partition coefficient (Wildman–Crippen LogP) is 5.91. The largest absolute Gasteiger partial charge is 0.283 e. The van der Waals surface area contributed by atoms with Crippen molar-refractivity contribution >= 4 is 33.3 Å². The molecule has 0 amide bonds. The lowest BCUT2D eigenvalue weighted by molar-refractivity contribution is 0.673. The van der Waals surface area contributed by atoms with Crippen molar-refractivity contribution in [1.29, 1.82) is 0 Å². The van der Waals surface area contributed by atoms with E-state index in [-0.39, 0.29) is 5.56 Å². The molecule has 0 unspecified atom stereocenters. The van der Waals surface area contributed by atoms with Crippen LogP contribution in [0.2, 0.25) is 0 Å². The number of aryl methyl sites for hydroxylation is 1. The van der Waals surface area contributed by atoms with Gasteiger partial charge >= 0.3 is 0 Å². The lowest BCUT2D eigenvalue weighted by atomic mass is 10.2. The molecular formula is C23H20N2OS2. The van der Waals surface area contributed by atoms with Gasteiger partial charge in [0.25, 0.3) is 5.56 Å². The van der Waals surface area contributed by atoms with Crippen molar-refractivity contribution in [2.45, 2.75) is 24.4 Å². The van der Waals surface area contributed by atoms with Gasteiger partial charge in [0.2, 0.25) is 0 Å². The van der Waals surface area contributed by atoms with E-state index in [0.29, 0.717) is 11.9 Å². The van der Waals surface area contributed by atoms with Gasteiger partial charge in [-0.25, -0.2) is 4.98 Å². The van der Waals surface area contributed by atoms with Crippen molar-refractivity contribution in [3.05, 3.63) is 94.8 Å². The minimum Gasteiger partial charge on any atom is -0.283 e. The van der Waals surface area contributed by atoms with Gasteiger partial charge in [-0.05, 0) is 24.1 Å². The molecule has 0 aliphatic rings. The standard InChI is InChI=1S/C23H20N2OS2/c1-3-13-25-22(26)19-14-20(18-7-5-4-6-8-18)28-21(19)24-23(25)27-15-17-11-9-16(2)10-12-17/h3-12,14H,1,13,15H2,2H3. The molecule has 0 fully saturated rings. The fourth-order valence-corrected chi connectivity index (χ4v) is 5.02. The molecule has 3 nitrogen and oxygen atoms in total. The second kappa shape index (κ2) is 8.17. The number of benzene rings is 2. The highest BCUT2D eigenvalue weighted by atomic mass is 32.2. The summed E-state index contributed by atoms with van der Waals surface area (Å²) in [6.07, 6.45) is 1.75. The summed E-state index contributed by atoms with van der Waals surface area (Å²) in [6.45, 7) is 6.34. The Morgan fingerprint density at radius 1 is 1.14 bits per heavy atom. The topological polar surface area (TPSA) is 34.9 Å². The zero-order chi connectivity index (χ0) is 19.5. The molecule has 0 radical (unpaired) electrons. The van der Waals surface area contributed by atoms with Crippen LogP contribution in [0.25, 0.3) is 20.7 Å². The number of thioether (sulfide) groups is 1. The first-order valence-corrected chi connectivity index (χ1v) is 10.8. The molecule has 0 aliphatic carbocycles. The SMILES string of the molecule is C=CCn1c(SCc2ccc(C)cc2)nc2sc(-c3ccccc3)cc2c1=O. The maximum atomic E-state index is 13.1. The molecule has 0 saturated heterocycles. The minimum atomic E-state index is -0.00487. The summed E-state index contributed by atoms with van der Waals surface area (Å²) >= 11 is 3.16. The van der Waals surface area contributed by atoms with Crippen LogP contribution < -0.4 is 5.56 Å². The molecule has 0 N–H and O–H groups in total. The second-order valence-corrected chi connectivity index (χ2v) is 8.54. The lowest BCUT2D eigenvalue weighted by Crippen LogP contribution is -2.22. The maximum Gasteiger partial charge on any atom is 0.263 e. The van der Waals surface area contributed by atoms with E-state index in [9.17, 15) is 4.79 Å². The van der Waals surface area contributed by atoms with Crippen molar-refractivity contribution in [3.63, 3.8) is 0 Å². The normalized spacial score (nSPS) is 11.0. The molecule has 0 atom stereocenters. The summed E-state index contributed by atoms with van der Waals surface area (Å²) in [5.41, 5.74) is 3.55. The first kappa shape index (κ1) is 18.7. The second-order valence-electron chi connectivity index (χ2n) is 6.57. The first-order valence-electron chi connectivity index (χ1n) is 9.05. The number of allylic oxidation sites excluding steroid dienone is 1. The van der Waals surface area contributed by atoms with Gasteiger partial charge in [0.15, 0.2) is 5.16 Å². The van der Waals surface area contributed by atoms with E-state index >= 15 is 0 Å². The Morgan fingerprint density at radius 3 is 2.61 bits per heavy atom. The average molecular weight is 405 g/mol. The quantitative estimate of drug-likeness (QED) is 0.228. The van der Waals surface area contributed by atoms with Crippen molar-refractivity contribution < 1.29 is 0 Å². The Hall–Kier alpha value is -2.63. The van der Waals surface area contributed by atoms with E-state index in [1.165, 1.54) is 11.1 Å². The molecule has 2 aromatic carbocycles. The van der Waals surface area contributed by atoms with Gasteiger partial charge in [-0.15, -0.1) is 17.9 Å². The third-order valence-electron chi connectivity index (χ3n) is 4.47. The van der Waals surface area contributed by atoms with Gasteiger partial charge in [-0.3, -0.25) is 9.36 Å². The summed E-state index contributed by atoms with van der Waals surface area (Å²) in [5.74, 6) is 0.770. The number of hydrogen-bond donors (Lipinski definition) is 0. The van der Waals surface area contributed by atoms with Crippen molar-refractivity contribution in [2.24, 2.45) is 0 Å². The van der Waals surface area contributed by atoms with Crippen LogP contribution in [-0.4, -0.2) is 9.55 Å². The number of aromatic nitrogens is 2. The van der Waals surface area contributed by atoms with Gasteiger partial charge < -0.3 is 0 Å². The zero-order valence-corrected chi connectivity index (χ0v) is 17.2. The highest BCUT2D eigenvalue weighted by molar-refractivity contribution is 7.98. The molecule has 140 valence electrons. The monoisotopic (exact) mass is 404 g/mol. The Morgan fingerprint density at radius 2 is 1.89 bits per heavy atom. The predicted molar refractivity (Wildman–Crippen MR) is 120 cm³/mol. The van der Waals surface area contributed by atoms with E-state index in [1.54, 1.807) is 33.7 Å². The van der Waals surface area contributed by atoms with Crippen LogP contribution in [0.4, 0.5) is 0 Å². The fraction of sp³-hybridized carbons (Fsp3) is 0.130. The summed E-state index contributed by atoms with van der Waals surface area (Å²) in [7, 11) is 0. The third-order valence-corrected chi connectivity index (χ3v) is 6.60. The Labute approximate surface area is 172 Å². The van der Waals surface area contributed by atoms with Crippen LogP contribution in [0, 0.1) is 6.92 Å². The third kappa shape index (κ3) is 3.81. The molecular weight excluding hydrogens is 384 g/mol. The molecule has 0 spiro atoms. The number of fused-ring (bicyclic) bond motifs is 1. The fourth-order valence-electron chi connectivity index (χ4n) is 2.97. The first-order chi connectivity index (χ1) is 13.7. The number of thiophene rings is 1. The van der Waals surface area contributed by atoms with Crippen LogP contribution in [0.5, 0.6) is 0 Å². The molecule has 0 saturated carbocycles. The molecule has 2 aromatic heterocycles. The van der Waals surface area contributed by atoms with Gasteiger partial charge in [0, 0.05) is 17.2 Å². The molecule has 28 heavy (non-hydrogen) atoms. The van der Waals surface area contributed by atoms with E-state index in [0.717, 1.165) is 26.2 Å². The van der Waals surface area contributed by atoms with Gasteiger partial charge in [0.05, 0.1) is 5.39 Å². The van der Waals surface area contributed by atoms with Crippen molar-refractivity contribution in [3.8, 4) is 10.4 Å². The molecule has 4 rings (SSSR count). The Bertz CT molecular complexity index is 1180. The molecule has 5 heteroatoms. The van der Waals surface area contributed by atoms with Crippen molar-refractivity contribution in [1.82, 2.24) is 9.55 Å². The van der Waals surface area contributed by atoms with Gasteiger partial charge in [-0.2, -0.15) is 0 Å². The Kier molecular flexibility index (Phi) is 5.46. The van der Waals surface area contributed by atoms with Gasteiger partial charge in [0.1, 0.15) is 4.83 Å². The van der Waals surface area contributed by atoms with E-state index in [2.05, 4.69) is 49.9 Å². The van der Waals surface area contributed by atoms with Crippen molar-refractivity contribution in [2.75, 3.05) is 0 Å². The van der Waals surface area contributed by atoms with Crippen LogP contribution in [0.3, 0.4) is 0 Å². The highest BCUT2D eigenvalue weighted by Crippen LogP contribution is 2.32. The van der Waals surface area contributed by atoms with Crippen LogP contribution in [0.15, 0.2) is 83.3 Å². The Balaban J connectivity index is 1.74. The number of rotatable bonds is 6. The highest BCUT2D eigenvalue weighted by Gasteiger charge is 2.15. The van der Waals surface area contributed by atoms with Crippen LogP contribution in [0.1, 0.15) is 11.1 Å². The van der Waals surface area contributed by atoms with E-state index in [1.807, 2.05) is 24.3 Å². The maximum absolute atomic E-state index is 13.1. The summed E-state index contributed by atoms with van der Waals surface area (Å²) < 4.78 is 1.72. The van der Waals surface area contributed by atoms with Crippen LogP contribution in [-0.2, 0) is 12.3 Å². The minimum absolute atomic E-state index is 0.00487. The molecule has 4 aromatic rings. The summed E-state index contributed by atoms with van der Waals surface area (Å²) in [4.78, 5) is 19.8. The smallest absolute Gasteiger partial charge is 0.263 e. The average Bonchev–Trinajstić information content (AvgIpc) is 3.15. The van der Waals surface area contributed by atoms with E-state index in [4.69, 9.17) is 4.98 Å². The van der Waals surface area contributed by atoms with E-state index < -0.39 is 0 Å². The summed E-state index contributed by atoms with van der Waals surface area (Å²) in [6, 6.07) is 20.5. The molecule has 0 bridgehead atoms. The number of hydrogen-bond acceptors (Lipinski definition) is 4. The van der Waals surface area contributed by atoms with Crippen LogP contribution >= 0.6 is 23.1 Å². The number of nitrogens with zero attached hydrogens (tertiary/aromatic N) is 2. The molecule has 0 aliphatic heterocycles. The molecule has 2 heterocycles. The zero-order valence-electron chi connectivity index (χ0n) is 15.6. The lowest BCUT2D eigenvalue weighted by Gasteiger charge is -2.10. The van der Waals surface area contributed by atoms with Gasteiger partial charge in [-0.1, -0.05) is 78.0 Å². The summed E-state index contributed by atoms with van der Waals surface area (Å²) in [5, 5.41) is 1.41.